The van der Waals surface area contributed by atoms with Gasteiger partial charge in [0, 0.05) is 25.4 Å². The number of benzene rings is 1. The third-order valence-electron chi connectivity index (χ3n) is 3.02. The smallest absolute Gasteiger partial charge is 0.148 e. The van der Waals surface area contributed by atoms with Gasteiger partial charge in [-0.3, -0.25) is 4.68 Å². The van der Waals surface area contributed by atoms with Gasteiger partial charge >= 0.3 is 0 Å². The van der Waals surface area contributed by atoms with E-state index in [1.54, 1.807) is 0 Å². The zero-order valence-electron chi connectivity index (χ0n) is 10.7. The molecule has 1 aromatic carbocycles. The first-order valence-corrected chi connectivity index (χ1v) is 6.01. The van der Waals surface area contributed by atoms with Crippen molar-refractivity contribution in [1.82, 2.24) is 9.78 Å². The minimum absolute atomic E-state index is 0.820. The normalized spacial score (nSPS) is 10.5. The van der Waals surface area contributed by atoms with Crippen LogP contribution in [0.15, 0.2) is 30.3 Å². The van der Waals surface area contributed by atoms with Crippen molar-refractivity contribution in [3.63, 3.8) is 0 Å². The van der Waals surface area contributed by atoms with Gasteiger partial charge in [-0.2, -0.15) is 5.10 Å². The first-order valence-electron chi connectivity index (χ1n) is 6.01. The quantitative estimate of drug-likeness (QED) is 0.873. The van der Waals surface area contributed by atoms with E-state index in [2.05, 4.69) is 47.7 Å². The molecule has 3 nitrogen and oxygen atoms in total. The van der Waals surface area contributed by atoms with Crippen LogP contribution in [0.5, 0.6) is 0 Å². The molecule has 0 aliphatic carbocycles. The van der Waals surface area contributed by atoms with Crippen LogP contribution < -0.4 is 5.32 Å². The maximum absolute atomic E-state index is 4.36. The van der Waals surface area contributed by atoms with Crippen LogP contribution in [0.1, 0.15) is 23.7 Å². The summed E-state index contributed by atoms with van der Waals surface area (Å²) < 4.78 is 1.88. The topological polar surface area (TPSA) is 29.9 Å². The van der Waals surface area contributed by atoms with Gasteiger partial charge in [-0.1, -0.05) is 31.2 Å². The average molecular weight is 229 g/mol. The van der Waals surface area contributed by atoms with E-state index in [0.29, 0.717) is 0 Å². The van der Waals surface area contributed by atoms with Crippen molar-refractivity contribution in [2.24, 2.45) is 7.05 Å². The van der Waals surface area contributed by atoms with Crippen LogP contribution >= 0.6 is 0 Å². The Hall–Kier alpha value is -1.77. The molecule has 0 unspecified atom stereocenters. The van der Waals surface area contributed by atoms with Crippen molar-refractivity contribution >= 4 is 5.82 Å². The summed E-state index contributed by atoms with van der Waals surface area (Å²) in [6.07, 6.45) is 1.09. The third kappa shape index (κ3) is 2.87. The van der Waals surface area contributed by atoms with Gasteiger partial charge in [0.05, 0.1) is 0 Å². The Morgan fingerprint density at radius 1 is 1.18 bits per heavy atom. The van der Waals surface area contributed by atoms with Gasteiger partial charge < -0.3 is 5.32 Å². The summed E-state index contributed by atoms with van der Waals surface area (Å²) in [5.41, 5.74) is 3.82. The molecular weight excluding hydrogens is 210 g/mol. The van der Waals surface area contributed by atoms with Gasteiger partial charge in [0.25, 0.3) is 0 Å². The van der Waals surface area contributed by atoms with E-state index >= 15 is 0 Å². The number of hydrogen-bond acceptors (Lipinski definition) is 2. The summed E-state index contributed by atoms with van der Waals surface area (Å²) in [6, 6.07) is 10.8. The third-order valence-corrected chi connectivity index (χ3v) is 3.02. The first-order chi connectivity index (χ1) is 8.19. The lowest BCUT2D eigenvalue weighted by atomic mass is 10.1. The zero-order valence-corrected chi connectivity index (χ0v) is 10.7. The van der Waals surface area contributed by atoms with Gasteiger partial charge in [-0.25, -0.2) is 0 Å². The Balaban J connectivity index is 1.97. The molecule has 0 bridgehead atoms. The van der Waals surface area contributed by atoms with Crippen molar-refractivity contribution in [1.29, 1.82) is 0 Å². The average Bonchev–Trinajstić information content (AvgIpc) is 2.67. The Bertz CT molecular complexity index is 463. The largest absolute Gasteiger partial charge is 0.365 e. The highest BCUT2D eigenvalue weighted by Crippen LogP contribution is 2.10. The maximum Gasteiger partial charge on any atom is 0.148 e. The molecule has 1 heterocycles. The predicted molar refractivity (Wildman–Crippen MR) is 71.1 cm³/mol. The molecule has 0 saturated carbocycles. The second-order valence-electron chi connectivity index (χ2n) is 4.32. The Morgan fingerprint density at radius 2 is 1.82 bits per heavy atom. The lowest BCUT2D eigenvalue weighted by molar-refractivity contribution is 0.741. The Labute approximate surface area is 102 Å². The molecule has 0 atom stereocenters. The minimum Gasteiger partial charge on any atom is -0.365 e. The highest BCUT2D eigenvalue weighted by molar-refractivity contribution is 5.37. The van der Waals surface area contributed by atoms with Crippen LogP contribution in [0, 0.1) is 6.92 Å². The number of aromatic nitrogens is 2. The summed E-state index contributed by atoms with van der Waals surface area (Å²) >= 11 is 0. The Morgan fingerprint density at radius 3 is 2.35 bits per heavy atom. The first kappa shape index (κ1) is 11.7. The molecule has 3 heteroatoms. The monoisotopic (exact) mass is 229 g/mol. The molecule has 90 valence electrons. The lowest BCUT2D eigenvalue weighted by Crippen LogP contribution is -2.01. The van der Waals surface area contributed by atoms with Crippen LogP contribution in [-0.2, 0) is 20.0 Å². The summed E-state index contributed by atoms with van der Waals surface area (Å²) in [5, 5.41) is 7.69. The van der Waals surface area contributed by atoms with E-state index in [1.807, 2.05) is 18.7 Å². The summed E-state index contributed by atoms with van der Waals surface area (Å²) in [6.45, 7) is 5.04. The van der Waals surface area contributed by atoms with Crippen LogP contribution in [0.2, 0.25) is 0 Å². The fraction of sp³-hybridized carbons (Fsp3) is 0.357. The molecule has 0 aliphatic rings. The molecule has 0 aliphatic heterocycles. The van der Waals surface area contributed by atoms with Crippen LogP contribution in [0.25, 0.3) is 0 Å². The SMILES string of the molecule is CCc1ccc(CNc2cc(C)n(C)n2)cc1. The van der Waals surface area contributed by atoms with Crippen molar-refractivity contribution in [2.75, 3.05) is 5.32 Å². The highest BCUT2D eigenvalue weighted by Gasteiger charge is 2.00. The van der Waals surface area contributed by atoms with Gasteiger partial charge in [0.2, 0.25) is 0 Å². The van der Waals surface area contributed by atoms with Crippen molar-refractivity contribution < 1.29 is 0 Å². The van der Waals surface area contributed by atoms with Crippen molar-refractivity contribution in [3.05, 3.63) is 47.2 Å². The molecule has 0 amide bonds. The summed E-state index contributed by atoms with van der Waals surface area (Å²) in [4.78, 5) is 0. The van der Waals surface area contributed by atoms with Gasteiger partial charge in [-0.15, -0.1) is 0 Å². The molecule has 0 saturated heterocycles. The van der Waals surface area contributed by atoms with E-state index in [0.717, 1.165) is 24.5 Å². The molecule has 1 N–H and O–H groups in total. The van der Waals surface area contributed by atoms with E-state index in [9.17, 15) is 0 Å². The molecule has 17 heavy (non-hydrogen) atoms. The van der Waals surface area contributed by atoms with E-state index in [1.165, 1.54) is 11.1 Å². The van der Waals surface area contributed by atoms with E-state index in [-0.39, 0.29) is 0 Å². The Kier molecular flexibility index (Phi) is 3.47. The summed E-state index contributed by atoms with van der Waals surface area (Å²) in [5.74, 6) is 0.935. The number of nitrogens with one attached hydrogen (secondary N) is 1. The molecule has 0 radical (unpaired) electrons. The number of nitrogens with zero attached hydrogens (tertiary/aromatic N) is 2. The number of aryl methyl sites for hydroxylation is 3. The van der Waals surface area contributed by atoms with Gasteiger partial charge in [0.1, 0.15) is 5.82 Å². The van der Waals surface area contributed by atoms with Crippen LogP contribution in [0.3, 0.4) is 0 Å². The minimum atomic E-state index is 0.820. The predicted octanol–water partition coefficient (Wildman–Crippen LogP) is 2.90. The van der Waals surface area contributed by atoms with Gasteiger partial charge in [-0.05, 0) is 24.5 Å². The van der Waals surface area contributed by atoms with Gasteiger partial charge in [0.15, 0.2) is 0 Å². The van der Waals surface area contributed by atoms with Crippen molar-refractivity contribution in [3.8, 4) is 0 Å². The molecule has 1 aromatic heterocycles. The lowest BCUT2D eigenvalue weighted by Gasteiger charge is -2.04. The second kappa shape index (κ2) is 5.04. The standard InChI is InChI=1S/C14H19N3/c1-4-12-5-7-13(8-6-12)10-15-14-9-11(2)17(3)16-14/h5-9H,4,10H2,1-3H3,(H,15,16). The molecule has 2 rings (SSSR count). The number of rotatable bonds is 4. The molecule has 2 aromatic rings. The van der Waals surface area contributed by atoms with E-state index < -0.39 is 0 Å². The second-order valence-corrected chi connectivity index (χ2v) is 4.32. The molecule has 0 fully saturated rings. The highest BCUT2D eigenvalue weighted by atomic mass is 15.3. The van der Waals surface area contributed by atoms with Crippen molar-refractivity contribution in [2.45, 2.75) is 26.8 Å². The fourth-order valence-corrected chi connectivity index (χ4v) is 1.73. The molecule has 0 spiro atoms. The maximum atomic E-state index is 4.36. The van der Waals surface area contributed by atoms with E-state index in [4.69, 9.17) is 0 Å². The molecular formula is C14H19N3. The van der Waals surface area contributed by atoms with Crippen LogP contribution in [-0.4, -0.2) is 9.78 Å². The van der Waals surface area contributed by atoms with Crippen LogP contribution in [0.4, 0.5) is 5.82 Å². The summed E-state index contributed by atoms with van der Waals surface area (Å²) in [7, 11) is 1.95. The fourth-order valence-electron chi connectivity index (χ4n) is 1.73. The number of anilines is 1. The number of hydrogen-bond donors (Lipinski definition) is 1. The zero-order chi connectivity index (χ0) is 12.3.